The van der Waals surface area contributed by atoms with Gasteiger partial charge in [0.05, 0.1) is 7.11 Å². The van der Waals surface area contributed by atoms with Crippen molar-refractivity contribution in [2.45, 2.75) is 18.2 Å². The summed E-state index contributed by atoms with van der Waals surface area (Å²) in [4.78, 5) is 0.107. The summed E-state index contributed by atoms with van der Waals surface area (Å²) in [7, 11) is -2.17. The lowest BCUT2D eigenvalue weighted by Crippen LogP contribution is -2.35. The van der Waals surface area contributed by atoms with Gasteiger partial charge in [-0.3, -0.25) is 0 Å². The van der Waals surface area contributed by atoms with Gasteiger partial charge in [0.15, 0.2) is 0 Å². The molecule has 2 N–H and O–H groups in total. The molecule has 110 valence electrons. The highest BCUT2D eigenvalue weighted by molar-refractivity contribution is 9.10. The highest BCUT2D eigenvalue weighted by atomic mass is 79.9. The summed E-state index contributed by atoms with van der Waals surface area (Å²) in [6.45, 7) is 2.80. The van der Waals surface area contributed by atoms with E-state index in [0.717, 1.165) is 12.0 Å². The van der Waals surface area contributed by atoms with Crippen molar-refractivity contribution in [3.63, 3.8) is 0 Å². The highest BCUT2D eigenvalue weighted by Crippen LogP contribution is 2.34. The normalized spacial score (nSPS) is 16.9. The molecule has 0 radical (unpaired) electrons. The lowest BCUT2D eigenvalue weighted by atomic mass is 10.2. The maximum atomic E-state index is 12.7. The molecule has 0 unspecified atom stereocenters. The third kappa shape index (κ3) is 2.84. The molecule has 20 heavy (non-hydrogen) atoms. The number of hydrogen-bond donors (Lipinski definition) is 1. The van der Waals surface area contributed by atoms with E-state index in [1.54, 1.807) is 6.07 Å². The summed E-state index contributed by atoms with van der Waals surface area (Å²) in [6, 6.07) is 3.01. The summed E-state index contributed by atoms with van der Waals surface area (Å²) in [5.41, 5.74) is 7.22. The maximum absolute atomic E-state index is 12.7. The number of ether oxygens (including phenoxy) is 1. The van der Waals surface area contributed by atoms with Crippen LogP contribution in [0, 0.1) is 0 Å². The SMILES string of the molecule is COc1cc(Br)c(N)cc1S(=O)(=O)N1CCC=C(C)C1. The van der Waals surface area contributed by atoms with E-state index in [-0.39, 0.29) is 4.90 Å². The molecule has 2 rings (SSSR count). The fraction of sp³-hybridized carbons (Fsp3) is 0.385. The smallest absolute Gasteiger partial charge is 0.247 e. The zero-order valence-corrected chi connectivity index (χ0v) is 13.8. The highest BCUT2D eigenvalue weighted by Gasteiger charge is 2.29. The molecule has 0 saturated heterocycles. The third-order valence-corrected chi connectivity index (χ3v) is 5.75. The van der Waals surface area contributed by atoms with Gasteiger partial charge in [-0.25, -0.2) is 8.42 Å². The molecule has 1 aromatic carbocycles. The van der Waals surface area contributed by atoms with Gasteiger partial charge in [0.2, 0.25) is 10.0 Å². The molecule has 0 aromatic heterocycles. The summed E-state index contributed by atoms with van der Waals surface area (Å²) in [5, 5.41) is 0. The number of hydrogen-bond acceptors (Lipinski definition) is 4. The van der Waals surface area contributed by atoms with Crippen LogP contribution in [0.15, 0.2) is 33.2 Å². The van der Waals surface area contributed by atoms with Gasteiger partial charge in [0, 0.05) is 23.2 Å². The molecule has 0 atom stereocenters. The van der Waals surface area contributed by atoms with Gasteiger partial charge < -0.3 is 10.5 Å². The van der Waals surface area contributed by atoms with E-state index in [2.05, 4.69) is 22.0 Å². The number of nitrogens with zero attached hydrogens (tertiary/aromatic N) is 1. The van der Waals surface area contributed by atoms with Gasteiger partial charge in [-0.05, 0) is 41.4 Å². The number of nitrogens with two attached hydrogens (primary N) is 1. The van der Waals surface area contributed by atoms with Crippen molar-refractivity contribution in [2.24, 2.45) is 0 Å². The molecular formula is C13H17BrN2O3S. The Labute approximate surface area is 127 Å². The largest absolute Gasteiger partial charge is 0.495 e. The van der Waals surface area contributed by atoms with Gasteiger partial charge in [0.25, 0.3) is 0 Å². The molecule has 0 saturated carbocycles. The van der Waals surface area contributed by atoms with Crippen LogP contribution in [0.4, 0.5) is 5.69 Å². The second kappa shape index (κ2) is 5.75. The fourth-order valence-corrected chi connectivity index (χ4v) is 4.13. The molecule has 5 nitrogen and oxygen atoms in total. The average Bonchev–Trinajstić information content (AvgIpc) is 2.41. The molecule has 1 aliphatic heterocycles. The minimum absolute atomic E-state index is 0.107. The first-order valence-corrected chi connectivity index (χ1v) is 8.38. The average molecular weight is 361 g/mol. The van der Waals surface area contributed by atoms with Crippen molar-refractivity contribution in [2.75, 3.05) is 25.9 Å². The Kier molecular flexibility index (Phi) is 4.41. The van der Waals surface area contributed by atoms with Gasteiger partial charge in [-0.2, -0.15) is 4.31 Å². The molecule has 1 heterocycles. The van der Waals surface area contributed by atoms with Crippen LogP contribution in [0.2, 0.25) is 0 Å². The van der Waals surface area contributed by atoms with Crippen LogP contribution in [-0.2, 0) is 10.0 Å². The molecule has 0 spiro atoms. The Morgan fingerprint density at radius 1 is 1.40 bits per heavy atom. The van der Waals surface area contributed by atoms with E-state index in [1.165, 1.54) is 17.5 Å². The molecule has 1 aromatic rings. The number of halogens is 1. The molecule has 7 heteroatoms. The van der Waals surface area contributed by atoms with E-state index in [9.17, 15) is 8.42 Å². The van der Waals surface area contributed by atoms with E-state index >= 15 is 0 Å². The summed E-state index contributed by atoms with van der Waals surface area (Å²) in [6.07, 6.45) is 2.78. The quantitative estimate of drug-likeness (QED) is 0.663. The van der Waals surface area contributed by atoms with Gasteiger partial charge in [-0.15, -0.1) is 0 Å². The molecule has 0 fully saturated rings. The first-order valence-electron chi connectivity index (χ1n) is 6.15. The Morgan fingerprint density at radius 2 is 2.10 bits per heavy atom. The predicted octanol–water partition coefficient (Wildman–Crippen LogP) is 2.38. The van der Waals surface area contributed by atoms with Crippen molar-refractivity contribution < 1.29 is 13.2 Å². The Balaban J connectivity index is 2.49. The van der Waals surface area contributed by atoms with Crippen LogP contribution < -0.4 is 10.5 Å². The zero-order chi connectivity index (χ0) is 14.9. The second-order valence-electron chi connectivity index (χ2n) is 4.70. The first-order chi connectivity index (χ1) is 9.36. The Hall–Kier alpha value is -1.05. The van der Waals surface area contributed by atoms with Crippen LogP contribution in [0.25, 0.3) is 0 Å². The second-order valence-corrected chi connectivity index (χ2v) is 7.46. The molecule has 0 amide bonds. The number of anilines is 1. The van der Waals surface area contributed by atoms with Crippen molar-refractivity contribution >= 4 is 31.6 Å². The molecular weight excluding hydrogens is 344 g/mol. The van der Waals surface area contributed by atoms with Crippen LogP contribution in [0.3, 0.4) is 0 Å². The molecule has 1 aliphatic rings. The van der Waals surface area contributed by atoms with E-state index in [0.29, 0.717) is 29.0 Å². The fourth-order valence-electron chi connectivity index (χ4n) is 2.13. The Bertz CT molecular complexity index is 656. The minimum atomic E-state index is -3.61. The zero-order valence-electron chi connectivity index (χ0n) is 11.4. The summed E-state index contributed by atoms with van der Waals surface area (Å²) < 4.78 is 32.7. The minimum Gasteiger partial charge on any atom is -0.495 e. The van der Waals surface area contributed by atoms with E-state index < -0.39 is 10.0 Å². The van der Waals surface area contributed by atoms with E-state index in [1.807, 2.05) is 6.92 Å². The number of sulfonamides is 1. The van der Waals surface area contributed by atoms with Crippen LogP contribution in [0.5, 0.6) is 5.75 Å². The van der Waals surface area contributed by atoms with Crippen molar-refractivity contribution in [1.82, 2.24) is 4.31 Å². The predicted molar refractivity (Wildman–Crippen MR) is 82.2 cm³/mol. The summed E-state index contributed by atoms with van der Waals surface area (Å²) in [5.74, 6) is 0.290. The lowest BCUT2D eigenvalue weighted by molar-refractivity contribution is 0.392. The topological polar surface area (TPSA) is 72.6 Å². The molecule has 0 bridgehead atoms. The number of rotatable bonds is 3. The number of nitrogen functional groups attached to an aromatic ring is 1. The van der Waals surface area contributed by atoms with Gasteiger partial charge >= 0.3 is 0 Å². The maximum Gasteiger partial charge on any atom is 0.247 e. The van der Waals surface area contributed by atoms with Crippen molar-refractivity contribution in [3.8, 4) is 5.75 Å². The number of methoxy groups -OCH3 is 1. The molecule has 0 aliphatic carbocycles. The van der Waals surface area contributed by atoms with Crippen molar-refractivity contribution in [1.29, 1.82) is 0 Å². The van der Waals surface area contributed by atoms with E-state index in [4.69, 9.17) is 10.5 Å². The Morgan fingerprint density at radius 3 is 2.70 bits per heavy atom. The lowest BCUT2D eigenvalue weighted by Gasteiger charge is -2.26. The van der Waals surface area contributed by atoms with Crippen LogP contribution in [-0.4, -0.2) is 32.9 Å². The number of benzene rings is 1. The van der Waals surface area contributed by atoms with Gasteiger partial charge in [-0.1, -0.05) is 11.6 Å². The van der Waals surface area contributed by atoms with Crippen LogP contribution in [0.1, 0.15) is 13.3 Å². The first kappa shape index (κ1) is 15.3. The van der Waals surface area contributed by atoms with Crippen LogP contribution >= 0.6 is 15.9 Å². The van der Waals surface area contributed by atoms with Gasteiger partial charge in [0.1, 0.15) is 10.6 Å². The summed E-state index contributed by atoms with van der Waals surface area (Å²) >= 11 is 3.27. The third-order valence-electron chi connectivity index (χ3n) is 3.20. The monoisotopic (exact) mass is 360 g/mol. The standard InChI is InChI=1S/C13H17BrN2O3S/c1-9-4-3-5-16(8-9)20(17,18)13-7-11(15)10(14)6-12(13)19-2/h4,6-7H,3,5,8,15H2,1-2H3. The van der Waals surface area contributed by atoms with Crippen molar-refractivity contribution in [3.05, 3.63) is 28.3 Å².